The summed E-state index contributed by atoms with van der Waals surface area (Å²) in [6.45, 7) is 3.54. The largest absolute Gasteiger partial charge is 0.360 e. The second kappa shape index (κ2) is 4.63. The Bertz CT molecular complexity index is 490. The molecule has 1 aromatic rings. The summed E-state index contributed by atoms with van der Waals surface area (Å²) in [7, 11) is 0. The Morgan fingerprint density at radius 2 is 2.22 bits per heavy atom. The van der Waals surface area contributed by atoms with Crippen molar-refractivity contribution in [3.05, 3.63) is 16.7 Å². The van der Waals surface area contributed by atoms with Crippen LogP contribution in [0.2, 0.25) is 0 Å². The smallest absolute Gasteiger partial charge is 0.278 e. The lowest BCUT2D eigenvalue weighted by Gasteiger charge is -2.24. The summed E-state index contributed by atoms with van der Waals surface area (Å²) in [5.74, 6) is 0.860. The van der Waals surface area contributed by atoms with E-state index in [-0.39, 0.29) is 5.56 Å². The molecule has 1 aromatic heterocycles. The van der Waals surface area contributed by atoms with Gasteiger partial charge in [0.25, 0.3) is 5.56 Å². The molecule has 2 aliphatic rings. The van der Waals surface area contributed by atoms with E-state index < -0.39 is 0 Å². The van der Waals surface area contributed by atoms with Crippen molar-refractivity contribution >= 4 is 11.5 Å². The van der Waals surface area contributed by atoms with Crippen molar-refractivity contribution in [2.45, 2.75) is 51.6 Å². The van der Waals surface area contributed by atoms with Crippen molar-refractivity contribution < 1.29 is 0 Å². The second-order valence-corrected chi connectivity index (χ2v) is 5.18. The van der Waals surface area contributed by atoms with Gasteiger partial charge < -0.3 is 10.2 Å². The van der Waals surface area contributed by atoms with Crippen LogP contribution < -0.4 is 15.8 Å². The van der Waals surface area contributed by atoms with E-state index in [1.54, 1.807) is 10.9 Å². The van der Waals surface area contributed by atoms with Crippen LogP contribution in [-0.2, 0) is 6.54 Å². The fourth-order valence-corrected chi connectivity index (χ4v) is 3.01. The topological polar surface area (TPSA) is 50.2 Å². The summed E-state index contributed by atoms with van der Waals surface area (Å²) in [6.07, 6.45) is 7.68. The molecule has 5 nitrogen and oxygen atoms in total. The predicted octanol–water partition coefficient (Wildman–Crippen LogP) is 1.79. The number of fused-ring (bicyclic) bond motifs is 1. The first-order valence-corrected chi connectivity index (χ1v) is 6.91. The van der Waals surface area contributed by atoms with Crippen molar-refractivity contribution in [3.63, 3.8) is 0 Å². The highest BCUT2D eigenvalue weighted by atomic mass is 16.1. The lowest BCUT2D eigenvalue weighted by Crippen LogP contribution is -2.33. The first-order chi connectivity index (χ1) is 8.81. The minimum atomic E-state index is 0.0716. The Balaban J connectivity index is 1.93. The van der Waals surface area contributed by atoms with E-state index >= 15 is 0 Å². The van der Waals surface area contributed by atoms with Crippen LogP contribution in [0.5, 0.6) is 0 Å². The molecule has 18 heavy (non-hydrogen) atoms. The van der Waals surface area contributed by atoms with E-state index in [1.165, 1.54) is 25.7 Å². The minimum absolute atomic E-state index is 0.0716. The van der Waals surface area contributed by atoms with Crippen LogP contribution in [0.25, 0.3) is 0 Å². The first kappa shape index (κ1) is 11.6. The fourth-order valence-electron chi connectivity index (χ4n) is 3.01. The van der Waals surface area contributed by atoms with Gasteiger partial charge in [-0.1, -0.05) is 19.8 Å². The third-order valence-corrected chi connectivity index (χ3v) is 3.95. The van der Waals surface area contributed by atoms with Crippen LogP contribution in [0, 0.1) is 0 Å². The molecule has 1 aliphatic carbocycles. The maximum Gasteiger partial charge on any atom is 0.278 e. The maximum absolute atomic E-state index is 12.2. The number of anilines is 2. The quantitative estimate of drug-likeness (QED) is 0.886. The third-order valence-electron chi connectivity index (χ3n) is 3.95. The molecule has 0 amide bonds. The van der Waals surface area contributed by atoms with Gasteiger partial charge in [-0.2, -0.15) is 0 Å². The summed E-state index contributed by atoms with van der Waals surface area (Å²) >= 11 is 0. The third kappa shape index (κ3) is 1.78. The van der Waals surface area contributed by atoms with Crippen molar-refractivity contribution in [2.75, 3.05) is 16.9 Å². The van der Waals surface area contributed by atoms with Gasteiger partial charge in [-0.25, -0.2) is 4.98 Å². The molecule has 1 aliphatic heterocycles. The molecule has 3 rings (SSSR count). The van der Waals surface area contributed by atoms with E-state index in [0.717, 1.165) is 25.5 Å². The maximum atomic E-state index is 12.2. The summed E-state index contributed by atoms with van der Waals surface area (Å²) in [5, 5.41) is 3.22. The number of hydrogen-bond acceptors (Lipinski definition) is 4. The van der Waals surface area contributed by atoms with Crippen molar-refractivity contribution in [3.8, 4) is 0 Å². The molecule has 0 radical (unpaired) electrons. The molecule has 0 aromatic carbocycles. The molecular formula is C13H20N4O. The average molecular weight is 248 g/mol. The van der Waals surface area contributed by atoms with Gasteiger partial charge in [-0.15, -0.1) is 0 Å². The van der Waals surface area contributed by atoms with Crippen LogP contribution in [-0.4, -0.2) is 22.3 Å². The van der Waals surface area contributed by atoms with E-state index in [0.29, 0.717) is 11.7 Å². The number of aromatic nitrogens is 2. The van der Waals surface area contributed by atoms with Crippen molar-refractivity contribution in [1.82, 2.24) is 9.55 Å². The number of nitrogens with one attached hydrogen (secondary N) is 1. The molecular weight excluding hydrogens is 228 g/mol. The van der Waals surface area contributed by atoms with Crippen LogP contribution in [0.15, 0.2) is 11.1 Å². The highest BCUT2D eigenvalue weighted by molar-refractivity contribution is 5.69. The zero-order valence-corrected chi connectivity index (χ0v) is 10.9. The first-order valence-electron chi connectivity index (χ1n) is 6.91. The number of nitrogens with zero attached hydrogens (tertiary/aromatic N) is 3. The predicted molar refractivity (Wildman–Crippen MR) is 72.0 cm³/mol. The van der Waals surface area contributed by atoms with Gasteiger partial charge >= 0.3 is 0 Å². The Morgan fingerprint density at radius 3 is 2.94 bits per heavy atom. The Morgan fingerprint density at radius 1 is 1.44 bits per heavy atom. The lowest BCUT2D eigenvalue weighted by molar-refractivity contribution is 0.620. The van der Waals surface area contributed by atoms with Crippen molar-refractivity contribution in [2.24, 2.45) is 0 Å². The Hall–Kier alpha value is -1.52. The molecule has 1 fully saturated rings. The van der Waals surface area contributed by atoms with Gasteiger partial charge in [0.1, 0.15) is 12.0 Å². The molecule has 1 saturated carbocycles. The highest BCUT2D eigenvalue weighted by Crippen LogP contribution is 2.33. The zero-order chi connectivity index (χ0) is 12.5. The molecule has 2 heterocycles. The molecule has 1 N–H and O–H groups in total. The van der Waals surface area contributed by atoms with Gasteiger partial charge in [0.2, 0.25) is 0 Å². The monoisotopic (exact) mass is 248 g/mol. The standard InChI is InChI=1S/C13H20N4O/c1-2-7-16-8-15-12-11(13(16)18)14-9-17(12)10-5-3-4-6-10/h8,10,14H,2-7,9H2,1H3. The molecule has 5 heteroatoms. The molecule has 0 unspecified atom stereocenters. The SMILES string of the molecule is CCCn1cnc2c(c1=O)NCN2C1CCCC1. The summed E-state index contributed by atoms with van der Waals surface area (Å²) in [4.78, 5) is 19.0. The van der Waals surface area contributed by atoms with Crippen LogP contribution >= 0.6 is 0 Å². The summed E-state index contributed by atoms with van der Waals surface area (Å²) in [5.41, 5.74) is 0.764. The highest BCUT2D eigenvalue weighted by Gasteiger charge is 2.31. The minimum Gasteiger partial charge on any atom is -0.360 e. The normalized spacial score (nSPS) is 19.1. The average Bonchev–Trinajstić information content (AvgIpc) is 3.00. The van der Waals surface area contributed by atoms with Gasteiger partial charge in [-0.3, -0.25) is 9.36 Å². The molecule has 0 spiro atoms. The molecule has 0 saturated heterocycles. The van der Waals surface area contributed by atoms with E-state index in [1.807, 2.05) is 0 Å². The van der Waals surface area contributed by atoms with Crippen LogP contribution in [0.1, 0.15) is 39.0 Å². The van der Waals surface area contributed by atoms with Gasteiger partial charge in [0.15, 0.2) is 5.82 Å². The van der Waals surface area contributed by atoms with Gasteiger partial charge in [0.05, 0.1) is 6.67 Å². The van der Waals surface area contributed by atoms with Crippen LogP contribution in [0.4, 0.5) is 11.5 Å². The van der Waals surface area contributed by atoms with Crippen molar-refractivity contribution in [1.29, 1.82) is 0 Å². The van der Waals surface area contributed by atoms with E-state index in [4.69, 9.17) is 0 Å². The summed E-state index contributed by atoms with van der Waals surface area (Å²) in [6, 6.07) is 0.563. The zero-order valence-electron chi connectivity index (χ0n) is 10.9. The fraction of sp³-hybridized carbons (Fsp3) is 0.692. The van der Waals surface area contributed by atoms with Gasteiger partial charge in [0, 0.05) is 12.6 Å². The molecule has 0 atom stereocenters. The molecule has 0 bridgehead atoms. The Labute approximate surface area is 107 Å². The number of hydrogen-bond donors (Lipinski definition) is 1. The summed E-state index contributed by atoms with van der Waals surface area (Å²) < 4.78 is 1.70. The lowest BCUT2D eigenvalue weighted by atomic mass is 10.2. The van der Waals surface area contributed by atoms with Gasteiger partial charge in [-0.05, 0) is 19.3 Å². The molecule has 98 valence electrons. The Kier molecular flexibility index (Phi) is 2.97. The second-order valence-electron chi connectivity index (χ2n) is 5.18. The number of rotatable bonds is 3. The van der Waals surface area contributed by atoms with Crippen LogP contribution in [0.3, 0.4) is 0 Å². The van der Waals surface area contributed by atoms with E-state index in [9.17, 15) is 4.79 Å². The number of aryl methyl sites for hydroxylation is 1. The van der Waals surface area contributed by atoms with E-state index in [2.05, 4.69) is 22.1 Å².